The van der Waals surface area contributed by atoms with E-state index in [1.165, 1.54) is 0 Å². The molecule has 0 aliphatic heterocycles. The molecule has 0 radical (unpaired) electrons. The van der Waals surface area contributed by atoms with Gasteiger partial charge in [-0.25, -0.2) is 0 Å². The average molecular weight is 413 g/mol. The van der Waals surface area contributed by atoms with E-state index in [4.69, 9.17) is 4.74 Å². The molecule has 1 amide bonds. The number of halogens is 1. The molecule has 0 aromatic rings. The fraction of sp³-hybridized carbons (Fsp3) is 0.550. The highest BCUT2D eigenvalue weighted by atomic mass is 79.9. The first-order valence-electron chi connectivity index (χ1n) is 8.75. The van der Waals surface area contributed by atoms with E-state index in [2.05, 4.69) is 60.0 Å². The summed E-state index contributed by atoms with van der Waals surface area (Å²) in [5.74, 6) is 0.656. The summed E-state index contributed by atoms with van der Waals surface area (Å²) >= 11 is 3.50. The van der Waals surface area contributed by atoms with Crippen LogP contribution >= 0.6 is 15.9 Å². The molecule has 0 rings (SSSR count). The molecule has 142 valence electrons. The second-order valence-electron chi connectivity index (χ2n) is 6.54. The largest absolute Gasteiger partial charge is 0.496 e. The van der Waals surface area contributed by atoms with Crippen LogP contribution in [0.2, 0.25) is 0 Å². The second-order valence-corrected chi connectivity index (χ2v) is 7.46. The lowest BCUT2D eigenvalue weighted by Gasteiger charge is -2.30. The topological polar surface area (TPSA) is 50.4 Å². The lowest BCUT2D eigenvalue weighted by molar-refractivity contribution is -0.120. The van der Waals surface area contributed by atoms with Gasteiger partial charge in [-0.05, 0) is 40.2 Å². The van der Waals surface area contributed by atoms with Crippen LogP contribution in [0.4, 0.5) is 0 Å². The average Bonchev–Trinajstić information content (AvgIpc) is 2.55. The number of hydrogen-bond donors (Lipinski definition) is 2. The minimum absolute atomic E-state index is 0.0251. The molecular formula is C20H33BrN2O2. The first kappa shape index (κ1) is 23.5. The van der Waals surface area contributed by atoms with Gasteiger partial charge in [-0.3, -0.25) is 4.79 Å². The number of nitrogens with one attached hydrogen (secondary N) is 2. The number of unbranched alkanes of at least 4 members (excludes halogenated alkanes) is 1. The van der Waals surface area contributed by atoms with Gasteiger partial charge in [0.2, 0.25) is 5.91 Å². The van der Waals surface area contributed by atoms with Crippen molar-refractivity contribution >= 4 is 21.8 Å². The predicted octanol–water partition coefficient (Wildman–Crippen LogP) is 5.30. The summed E-state index contributed by atoms with van der Waals surface area (Å²) in [6.45, 7) is 16.1. The molecule has 4 nitrogen and oxygen atoms in total. The molecular weight excluding hydrogens is 380 g/mol. The van der Waals surface area contributed by atoms with Crippen LogP contribution < -0.4 is 10.6 Å². The summed E-state index contributed by atoms with van der Waals surface area (Å²) in [4.78, 5) is 12.0. The molecule has 0 aromatic heterocycles. The van der Waals surface area contributed by atoms with Crippen molar-refractivity contribution in [1.29, 1.82) is 0 Å². The minimum atomic E-state index is -0.322. The van der Waals surface area contributed by atoms with Crippen molar-refractivity contribution in [3.05, 3.63) is 46.4 Å². The summed E-state index contributed by atoms with van der Waals surface area (Å²) in [5, 5.41) is 6.50. The van der Waals surface area contributed by atoms with E-state index in [9.17, 15) is 4.79 Å². The van der Waals surface area contributed by atoms with E-state index < -0.39 is 0 Å². The van der Waals surface area contributed by atoms with Gasteiger partial charge in [0.05, 0.1) is 22.7 Å². The molecule has 25 heavy (non-hydrogen) atoms. The zero-order valence-electron chi connectivity index (χ0n) is 16.5. The van der Waals surface area contributed by atoms with Crippen molar-refractivity contribution in [2.24, 2.45) is 0 Å². The number of ether oxygens (including phenoxy) is 1. The Morgan fingerprint density at radius 1 is 1.28 bits per heavy atom. The summed E-state index contributed by atoms with van der Waals surface area (Å²) in [7, 11) is 0. The van der Waals surface area contributed by atoms with E-state index in [1.54, 1.807) is 0 Å². The normalized spacial score (nSPS) is 13.5. The van der Waals surface area contributed by atoms with Crippen LogP contribution in [-0.2, 0) is 9.53 Å². The fourth-order valence-corrected chi connectivity index (χ4v) is 2.09. The van der Waals surface area contributed by atoms with E-state index in [-0.39, 0.29) is 11.4 Å². The molecule has 5 heteroatoms. The van der Waals surface area contributed by atoms with Crippen molar-refractivity contribution in [3.8, 4) is 0 Å². The zero-order chi connectivity index (χ0) is 19.5. The van der Waals surface area contributed by atoms with Crippen molar-refractivity contribution < 1.29 is 9.53 Å². The lowest BCUT2D eigenvalue weighted by atomic mass is 10.0. The van der Waals surface area contributed by atoms with Crippen molar-refractivity contribution in [3.63, 3.8) is 0 Å². The van der Waals surface area contributed by atoms with E-state index >= 15 is 0 Å². The third-order valence-electron chi connectivity index (χ3n) is 3.23. The summed E-state index contributed by atoms with van der Waals surface area (Å²) in [6.07, 6.45) is 8.32. The Bertz CT molecular complexity index is 546. The smallest absolute Gasteiger partial charge is 0.224 e. The van der Waals surface area contributed by atoms with E-state index in [1.807, 2.05) is 32.9 Å². The van der Waals surface area contributed by atoms with Crippen LogP contribution in [0.3, 0.4) is 0 Å². The minimum Gasteiger partial charge on any atom is -0.496 e. The van der Waals surface area contributed by atoms with Crippen LogP contribution in [0.5, 0.6) is 0 Å². The first-order valence-corrected chi connectivity index (χ1v) is 9.54. The molecule has 0 fully saturated rings. The fourth-order valence-electron chi connectivity index (χ4n) is 1.86. The van der Waals surface area contributed by atoms with Crippen molar-refractivity contribution in [1.82, 2.24) is 10.6 Å². The van der Waals surface area contributed by atoms with Gasteiger partial charge in [0.1, 0.15) is 6.61 Å². The molecule has 0 saturated carbocycles. The van der Waals surface area contributed by atoms with E-state index in [0.717, 1.165) is 28.7 Å². The summed E-state index contributed by atoms with van der Waals surface area (Å²) in [6, 6.07) is 0. The van der Waals surface area contributed by atoms with Gasteiger partial charge in [-0.2, -0.15) is 0 Å². The maximum atomic E-state index is 12.0. The van der Waals surface area contributed by atoms with Crippen LogP contribution in [0.1, 0.15) is 60.8 Å². The Labute approximate surface area is 161 Å². The molecule has 0 aromatic carbocycles. The Hall–Kier alpha value is -1.49. The highest BCUT2D eigenvalue weighted by molar-refractivity contribution is 9.11. The van der Waals surface area contributed by atoms with Crippen LogP contribution in [0.15, 0.2) is 46.4 Å². The second kappa shape index (κ2) is 12.0. The number of allylic oxidation sites excluding steroid dienone is 5. The Morgan fingerprint density at radius 3 is 2.40 bits per heavy atom. The molecule has 0 aliphatic carbocycles. The Kier molecular flexibility index (Phi) is 11.2. The van der Waals surface area contributed by atoms with E-state index in [0.29, 0.717) is 18.8 Å². The SMILES string of the molecule is C=C(C)OCC(C)(C)NC(=C\CCC)/C(=C\C(Br)=C/C)NC(=O)CC. The number of carbonyl (C=O) groups excluding carboxylic acids is 1. The molecule has 0 heterocycles. The molecule has 0 aliphatic rings. The highest BCUT2D eigenvalue weighted by Gasteiger charge is 2.21. The Balaban J connectivity index is 5.64. The van der Waals surface area contributed by atoms with Crippen LogP contribution in [0, 0.1) is 0 Å². The monoisotopic (exact) mass is 412 g/mol. The van der Waals surface area contributed by atoms with Gasteiger partial charge < -0.3 is 15.4 Å². The number of amides is 1. The van der Waals surface area contributed by atoms with Gasteiger partial charge in [-0.15, -0.1) is 0 Å². The standard InChI is InChI=1S/C20H33BrN2O2/c1-8-11-12-17(23-20(6,7)14-25-15(4)5)18(13-16(21)9-2)22-19(24)10-3/h9,12-13,23H,4,8,10-11,14H2,1-3,5-7H3,(H,22,24)/b16-9+,17-12-,18-13+. The molecule has 0 saturated heterocycles. The third kappa shape index (κ3) is 10.9. The highest BCUT2D eigenvalue weighted by Crippen LogP contribution is 2.18. The van der Waals surface area contributed by atoms with Crippen LogP contribution in [-0.4, -0.2) is 18.1 Å². The molecule has 0 spiro atoms. The predicted molar refractivity (Wildman–Crippen MR) is 110 cm³/mol. The van der Waals surface area contributed by atoms with Crippen molar-refractivity contribution in [2.45, 2.75) is 66.3 Å². The molecule has 2 N–H and O–H groups in total. The van der Waals surface area contributed by atoms with Gasteiger partial charge in [0, 0.05) is 10.9 Å². The number of hydrogen-bond acceptors (Lipinski definition) is 3. The number of rotatable bonds is 11. The Morgan fingerprint density at radius 2 is 1.92 bits per heavy atom. The maximum Gasteiger partial charge on any atom is 0.224 e. The first-order chi connectivity index (χ1) is 11.6. The van der Waals surface area contributed by atoms with Gasteiger partial charge in [0.25, 0.3) is 0 Å². The zero-order valence-corrected chi connectivity index (χ0v) is 18.0. The van der Waals surface area contributed by atoms with Crippen LogP contribution in [0.25, 0.3) is 0 Å². The summed E-state index contributed by atoms with van der Waals surface area (Å²) < 4.78 is 6.49. The molecule has 0 atom stereocenters. The quantitative estimate of drug-likeness (QED) is 0.357. The molecule has 0 bridgehead atoms. The summed E-state index contributed by atoms with van der Waals surface area (Å²) in [5.41, 5.74) is 1.31. The van der Waals surface area contributed by atoms with Gasteiger partial charge in [0.15, 0.2) is 0 Å². The number of carbonyl (C=O) groups is 1. The maximum absolute atomic E-state index is 12.0. The molecule has 0 unspecified atom stereocenters. The van der Waals surface area contributed by atoms with Gasteiger partial charge in [-0.1, -0.05) is 54.9 Å². The van der Waals surface area contributed by atoms with Gasteiger partial charge >= 0.3 is 0 Å². The van der Waals surface area contributed by atoms with Crippen molar-refractivity contribution in [2.75, 3.05) is 6.61 Å². The third-order valence-corrected chi connectivity index (χ3v) is 3.92. The lowest BCUT2D eigenvalue weighted by Crippen LogP contribution is -2.44.